The number of carbonyl (C=O) groups excluding carboxylic acids is 1. The molecular weight excluding hydrogens is 474 g/mol. The number of rotatable bonds is 7. The topological polar surface area (TPSA) is 88.2 Å². The number of pyridine rings is 2. The fourth-order valence-corrected chi connectivity index (χ4v) is 4.97. The second-order valence-corrected chi connectivity index (χ2v) is 10.0. The lowest BCUT2D eigenvalue weighted by Gasteiger charge is -2.22. The first-order valence-corrected chi connectivity index (χ1v) is 12.7. The maximum Gasteiger partial charge on any atom is 0.226 e. The summed E-state index contributed by atoms with van der Waals surface area (Å²) in [6, 6.07) is 23.1. The molecule has 5 aromatic rings. The van der Waals surface area contributed by atoms with Gasteiger partial charge in [-0.15, -0.1) is 0 Å². The molecule has 192 valence electrons. The second-order valence-electron chi connectivity index (χ2n) is 10.0. The third-order valence-corrected chi connectivity index (χ3v) is 6.97. The van der Waals surface area contributed by atoms with Gasteiger partial charge >= 0.3 is 0 Å². The summed E-state index contributed by atoms with van der Waals surface area (Å²) in [5.74, 6) is 0.253. The van der Waals surface area contributed by atoms with Crippen molar-refractivity contribution in [2.75, 3.05) is 0 Å². The number of nitrogens with one attached hydrogen (secondary N) is 1. The zero-order valence-electron chi connectivity index (χ0n) is 22.0. The van der Waals surface area contributed by atoms with Crippen molar-refractivity contribution in [1.29, 1.82) is 0 Å². The van der Waals surface area contributed by atoms with Crippen molar-refractivity contribution in [1.82, 2.24) is 15.3 Å². The molecule has 38 heavy (non-hydrogen) atoms. The highest BCUT2D eigenvalue weighted by Gasteiger charge is 2.31. The summed E-state index contributed by atoms with van der Waals surface area (Å²) in [5, 5.41) is 14.5. The molecule has 6 nitrogen and oxygen atoms in total. The lowest BCUT2D eigenvalue weighted by atomic mass is 9.91. The molecule has 5 rings (SSSR count). The zero-order chi connectivity index (χ0) is 26.9. The molecule has 0 aliphatic heterocycles. The zero-order valence-corrected chi connectivity index (χ0v) is 22.0. The predicted molar refractivity (Wildman–Crippen MR) is 148 cm³/mol. The number of nitrogens with zero attached hydrogens (tertiary/aromatic N) is 2. The Balaban J connectivity index is 1.39. The van der Waals surface area contributed by atoms with Gasteiger partial charge in [0.05, 0.1) is 18.2 Å². The highest BCUT2D eigenvalue weighted by molar-refractivity contribution is 5.81. The molecule has 0 saturated heterocycles. The van der Waals surface area contributed by atoms with Gasteiger partial charge < -0.3 is 14.8 Å². The number of hydrogen-bond acceptors (Lipinski definition) is 5. The van der Waals surface area contributed by atoms with E-state index in [1.165, 1.54) is 5.56 Å². The van der Waals surface area contributed by atoms with Crippen LogP contribution in [0, 0.1) is 20.8 Å². The minimum Gasteiger partial charge on any atom is -0.456 e. The van der Waals surface area contributed by atoms with Crippen molar-refractivity contribution in [3.8, 4) is 0 Å². The van der Waals surface area contributed by atoms with Crippen LogP contribution < -0.4 is 5.32 Å². The highest BCUT2D eigenvalue weighted by atomic mass is 16.4. The number of furan rings is 1. The standard InChI is InChI=1S/C32H31N3O3/c1-20-10-12-25(21(2)16-20)31(23-8-6-5-7-9-23)35-30(36)17-24-11-13-28-27(34-24)18-29(38-28)32(4,37)26-14-15-33-19-22(26)3/h5-16,18-19,31,37H,17H2,1-4H3,(H,35,36)/t31-,32?/m0/s1. The Morgan fingerprint density at radius 2 is 1.79 bits per heavy atom. The fourth-order valence-electron chi connectivity index (χ4n) is 4.97. The maximum absolute atomic E-state index is 13.3. The van der Waals surface area contributed by atoms with Crippen LogP contribution in [-0.4, -0.2) is 21.0 Å². The summed E-state index contributed by atoms with van der Waals surface area (Å²) < 4.78 is 5.97. The number of aromatic nitrogens is 2. The van der Waals surface area contributed by atoms with Gasteiger partial charge in [0.1, 0.15) is 16.9 Å². The highest BCUT2D eigenvalue weighted by Crippen LogP contribution is 2.34. The van der Waals surface area contributed by atoms with Crippen LogP contribution in [0.5, 0.6) is 0 Å². The number of hydrogen-bond donors (Lipinski definition) is 2. The van der Waals surface area contributed by atoms with Gasteiger partial charge in [-0.2, -0.15) is 0 Å². The quantitative estimate of drug-likeness (QED) is 0.290. The average molecular weight is 506 g/mol. The van der Waals surface area contributed by atoms with Crippen molar-refractivity contribution in [2.45, 2.75) is 45.8 Å². The molecule has 6 heteroatoms. The first-order valence-electron chi connectivity index (χ1n) is 12.7. The van der Waals surface area contributed by atoms with E-state index in [9.17, 15) is 9.90 Å². The van der Waals surface area contributed by atoms with Gasteiger partial charge in [0.15, 0.2) is 5.58 Å². The van der Waals surface area contributed by atoms with E-state index < -0.39 is 5.60 Å². The number of fused-ring (bicyclic) bond motifs is 1. The van der Waals surface area contributed by atoms with Gasteiger partial charge in [-0.1, -0.05) is 54.1 Å². The van der Waals surface area contributed by atoms with Crippen LogP contribution >= 0.6 is 0 Å². The number of amides is 1. The van der Waals surface area contributed by atoms with Crippen LogP contribution in [0.25, 0.3) is 11.1 Å². The molecule has 0 aliphatic carbocycles. The molecule has 2 N–H and O–H groups in total. The second kappa shape index (κ2) is 10.2. The Hall–Kier alpha value is -4.29. The van der Waals surface area contributed by atoms with E-state index in [4.69, 9.17) is 4.42 Å². The van der Waals surface area contributed by atoms with Crippen LogP contribution in [-0.2, 0) is 16.8 Å². The molecule has 1 unspecified atom stereocenters. The number of aryl methyl sites for hydroxylation is 3. The van der Waals surface area contributed by atoms with Gasteiger partial charge in [-0.25, -0.2) is 4.98 Å². The Bertz CT molecular complexity index is 1610. The van der Waals surface area contributed by atoms with E-state index in [1.807, 2.05) is 37.3 Å². The van der Waals surface area contributed by atoms with E-state index >= 15 is 0 Å². The molecule has 3 aromatic heterocycles. The SMILES string of the molecule is Cc1ccc([C@@H](NC(=O)Cc2ccc3oc(C(C)(O)c4ccncc4C)cc3n2)c2ccccc2)c(C)c1. The number of carbonyl (C=O) groups is 1. The molecule has 0 fully saturated rings. The van der Waals surface area contributed by atoms with Crippen LogP contribution in [0.1, 0.15) is 57.8 Å². The molecule has 2 atom stereocenters. The lowest BCUT2D eigenvalue weighted by molar-refractivity contribution is -0.121. The molecule has 2 aromatic carbocycles. The van der Waals surface area contributed by atoms with E-state index in [1.54, 1.807) is 43.6 Å². The van der Waals surface area contributed by atoms with E-state index in [2.05, 4.69) is 47.3 Å². The van der Waals surface area contributed by atoms with Gasteiger partial charge in [-0.05, 0) is 73.7 Å². The van der Waals surface area contributed by atoms with Gasteiger partial charge in [-0.3, -0.25) is 9.78 Å². The van der Waals surface area contributed by atoms with Crippen LogP contribution in [0.3, 0.4) is 0 Å². The van der Waals surface area contributed by atoms with Gasteiger partial charge in [0.25, 0.3) is 0 Å². The fraction of sp³-hybridized carbons (Fsp3) is 0.219. The predicted octanol–water partition coefficient (Wildman–Crippen LogP) is 5.85. The number of aliphatic hydroxyl groups is 1. The monoisotopic (exact) mass is 505 g/mol. The van der Waals surface area contributed by atoms with Crippen molar-refractivity contribution in [3.63, 3.8) is 0 Å². The van der Waals surface area contributed by atoms with Gasteiger partial charge in [0.2, 0.25) is 5.91 Å². The minimum absolute atomic E-state index is 0.116. The molecule has 0 bridgehead atoms. The first-order chi connectivity index (χ1) is 18.2. The molecule has 0 radical (unpaired) electrons. The summed E-state index contributed by atoms with van der Waals surface area (Å²) in [4.78, 5) is 22.0. The molecular formula is C32H31N3O3. The summed E-state index contributed by atoms with van der Waals surface area (Å²) in [7, 11) is 0. The molecule has 0 spiro atoms. The van der Waals surface area contributed by atoms with E-state index in [0.29, 0.717) is 28.1 Å². The van der Waals surface area contributed by atoms with Crippen molar-refractivity contribution in [3.05, 3.63) is 130 Å². The summed E-state index contributed by atoms with van der Waals surface area (Å²) >= 11 is 0. The van der Waals surface area contributed by atoms with E-state index in [0.717, 1.165) is 22.3 Å². The van der Waals surface area contributed by atoms with Crippen LogP contribution in [0.15, 0.2) is 89.6 Å². The Morgan fingerprint density at radius 1 is 1.00 bits per heavy atom. The maximum atomic E-state index is 13.3. The molecule has 0 aliphatic rings. The van der Waals surface area contributed by atoms with Gasteiger partial charge in [0, 0.05) is 18.5 Å². The minimum atomic E-state index is -1.35. The van der Waals surface area contributed by atoms with Crippen molar-refractivity contribution >= 4 is 17.0 Å². The van der Waals surface area contributed by atoms with Crippen LogP contribution in [0.2, 0.25) is 0 Å². The smallest absolute Gasteiger partial charge is 0.226 e. The van der Waals surface area contributed by atoms with Crippen LogP contribution in [0.4, 0.5) is 0 Å². The van der Waals surface area contributed by atoms with Crippen molar-refractivity contribution in [2.24, 2.45) is 0 Å². The third-order valence-electron chi connectivity index (χ3n) is 6.97. The van der Waals surface area contributed by atoms with Crippen molar-refractivity contribution < 1.29 is 14.3 Å². The number of benzene rings is 2. The molecule has 1 amide bonds. The first kappa shape index (κ1) is 25.4. The summed E-state index contributed by atoms with van der Waals surface area (Å²) in [5.41, 5.74) is 6.37. The Labute approximate surface area is 222 Å². The largest absolute Gasteiger partial charge is 0.456 e. The molecule has 0 saturated carbocycles. The average Bonchev–Trinajstić information content (AvgIpc) is 3.33. The summed E-state index contributed by atoms with van der Waals surface area (Å²) in [6.45, 7) is 7.72. The molecule has 3 heterocycles. The Kier molecular flexibility index (Phi) is 6.83. The Morgan fingerprint density at radius 3 is 2.53 bits per heavy atom. The lowest BCUT2D eigenvalue weighted by Crippen LogP contribution is -2.31. The summed E-state index contributed by atoms with van der Waals surface area (Å²) in [6.07, 6.45) is 3.47. The normalized spacial score (nSPS) is 13.7. The third kappa shape index (κ3) is 5.08. The van der Waals surface area contributed by atoms with E-state index in [-0.39, 0.29) is 18.4 Å².